The summed E-state index contributed by atoms with van der Waals surface area (Å²) in [7, 11) is -3.60. The second-order valence-corrected chi connectivity index (χ2v) is 7.22. The number of rotatable bonds is 6. The highest BCUT2D eigenvalue weighted by Crippen LogP contribution is 2.21. The first-order chi connectivity index (χ1) is 7.80. The average Bonchev–Trinajstić information content (AvgIpc) is 2.76. The van der Waals surface area contributed by atoms with Crippen molar-refractivity contribution in [2.45, 2.75) is 30.1 Å². The van der Waals surface area contributed by atoms with Crippen molar-refractivity contribution in [3.05, 3.63) is 17.0 Å². The smallest absolute Gasteiger partial charge is 0.250 e. The largest absolute Gasteiger partial charge is 0.393 e. The topological polar surface area (TPSA) is 86.6 Å². The van der Waals surface area contributed by atoms with Crippen molar-refractivity contribution in [1.82, 2.24) is 4.72 Å². The molecule has 1 heterocycles. The molecule has 0 bridgehead atoms. The van der Waals surface area contributed by atoms with Gasteiger partial charge in [-0.3, -0.25) is 0 Å². The molecule has 0 aromatic carbocycles. The molecule has 0 saturated heterocycles. The summed E-state index contributed by atoms with van der Waals surface area (Å²) in [6.45, 7) is 2.60. The highest BCUT2D eigenvalue weighted by Gasteiger charge is 2.24. The van der Waals surface area contributed by atoms with E-state index in [1.807, 2.05) is 6.92 Å². The molecule has 5 nitrogen and oxygen atoms in total. The molecule has 1 aromatic rings. The Morgan fingerprint density at radius 2 is 2.12 bits per heavy atom. The Balaban J connectivity index is 2.76. The van der Waals surface area contributed by atoms with Gasteiger partial charge in [0.05, 0.1) is 12.2 Å². The molecule has 17 heavy (non-hydrogen) atoms. The lowest BCUT2D eigenvalue weighted by atomic mass is 10.1. The number of hydrogen-bond acceptors (Lipinski definition) is 5. The van der Waals surface area contributed by atoms with Gasteiger partial charge in [-0.15, -0.1) is 11.3 Å². The highest BCUT2D eigenvalue weighted by molar-refractivity contribution is 7.91. The lowest BCUT2D eigenvalue weighted by molar-refractivity contribution is 0.00682. The van der Waals surface area contributed by atoms with Crippen LogP contribution in [0.15, 0.2) is 16.3 Å². The quantitative estimate of drug-likeness (QED) is 0.700. The third kappa shape index (κ3) is 4.04. The van der Waals surface area contributed by atoms with Crippen LogP contribution in [0.1, 0.15) is 18.7 Å². The van der Waals surface area contributed by atoms with Crippen LogP contribution in [0.5, 0.6) is 0 Å². The van der Waals surface area contributed by atoms with Gasteiger partial charge in [-0.25, -0.2) is 13.1 Å². The van der Waals surface area contributed by atoms with Gasteiger partial charge in [0.2, 0.25) is 10.0 Å². The first-order valence-electron chi connectivity index (χ1n) is 5.22. The zero-order valence-electron chi connectivity index (χ0n) is 9.80. The van der Waals surface area contributed by atoms with Gasteiger partial charge in [0.1, 0.15) is 4.21 Å². The summed E-state index contributed by atoms with van der Waals surface area (Å²) in [6, 6.07) is 3.31. The highest BCUT2D eigenvalue weighted by atomic mass is 32.2. The fourth-order valence-corrected chi connectivity index (χ4v) is 3.57. The first kappa shape index (κ1) is 14.6. The molecule has 0 spiro atoms. The van der Waals surface area contributed by atoms with Gasteiger partial charge in [0.15, 0.2) is 0 Å². The minimum Gasteiger partial charge on any atom is -0.393 e. The molecule has 1 atom stereocenters. The predicted octanol–water partition coefficient (Wildman–Crippen LogP) is 0.332. The zero-order chi connectivity index (χ0) is 13.1. The summed E-state index contributed by atoms with van der Waals surface area (Å²) in [5, 5.41) is 18.3. The Hall–Kier alpha value is -0.470. The monoisotopic (exact) mass is 279 g/mol. The predicted molar refractivity (Wildman–Crippen MR) is 66.6 cm³/mol. The molecule has 1 rings (SSSR count). The molecule has 0 radical (unpaired) electrons. The van der Waals surface area contributed by atoms with Crippen LogP contribution in [-0.4, -0.2) is 37.4 Å². The van der Waals surface area contributed by atoms with E-state index in [4.69, 9.17) is 5.11 Å². The normalized spacial score (nSPS) is 15.8. The number of hydrogen-bond donors (Lipinski definition) is 3. The fraction of sp³-hybridized carbons (Fsp3) is 0.600. The Bertz CT molecular complexity index is 464. The minimum atomic E-state index is -3.60. The lowest BCUT2D eigenvalue weighted by Crippen LogP contribution is -2.43. The third-order valence-corrected chi connectivity index (χ3v) is 5.36. The molecule has 0 aliphatic heterocycles. The van der Waals surface area contributed by atoms with Crippen molar-refractivity contribution in [2.75, 3.05) is 13.2 Å². The number of sulfonamides is 1. The summed E-state index contributed by atoms with van der Waals surface area (Å²) in [4.78, 5) is 0.985. The SMILES string of the molecule is CCc1ccc(S(=O)(=O)NCC(C)(O)CO)s1. The Kier molecular flexibility index (Phi) is 4.68. The molecule has 3 N–H and O–H groups in total. The van der Waals surface area contributed by atoms with E-state index < -0.39 is 22.2 Å². The summed E-state index contributed by atoms with van der Waals surface area (Å²) in [5.41, 5.74) is -1.45. The van der Waals surface area contributed by atoms with Gasteiger partial charge in [-0.2, -0.15) is 0 Å². The van der Waals surface area contributed by atoms with E-state index in [1.54, 1.807) is 12.1 Å². The van der Waals surface area contributed by atoms with E-state index in [9.17, 15) is 13.5 Å². The maximum atomic E-state index is 11.8. The van der Waals surface area contributed by atoms with Crippen LogP contribution in [0.3, 0.4) is 0 Å². The van der Waals surface area contributed by atoms with Crippen LogP contribution in [0, 0.1) is 0 Å². The lowest BCUT2D eigenvalue weighted by Gasteiger charge is -2.20. The minimum absolute atomic E-state index is 0.217. The number of aryl methyl sites for hydroxylation is 1. The zero-order valence-corrected chi connectivity index (χ0v) is 11.4. The standard InChI is InChI=1S/C10H17NO4S2/c1-3-8-4-5-9(16-8)17(14,15)11-6-10(2,13)7-12/h4-5,11-13H,3,6-7H2,1-2H3. The van der Waals surface area contributed by atoms with Gasteiger partial charge in [-0.1, -0.05) is 6.92 Å². The first-order valence-corrected chi connectivity index (χ1v) is 7.52. The van der Waals surface area contributed by atoms with Crippen molar-refractivity contribution in [2.24, 2.45) is 0 Å². The molecule has 7 heteroatoms. The maximum absolute atomic E-state index is 11.8. The van der Waals surface area contributed by atoms with Crippen molar-refractivity contribution >= 4 is 21.4 Å². The van der Waals surface area contributed by atoms with Crippen LogP contribution in [-0.2, 0) is 16.4 Å². The Labute approximate surface area is 105 Å². The summed E-state index contributed by atoms with van der Waals surface area (Å²) < 4.78 is 26.2. The molecule has 0 amide bonds. The van der Waals surface area contributed by atoms with Gasteiger partial charge in [0, 0.05) is 11.4 Å². The van der Waals surface area contributed by atoms with E-state index in [2.05, 4.69) is 4.72 Å². The number of nitrogens with one attached hydrogen (secondary N) is 1. The average molecular weight is 279 g/mol. The molecule has 1 unspecified atom stereocenters. The number of aliphatic hydroxyl groups excluding tert-OH is 1. The molecule has 98 valence electrons. The van der Waals surface area contributed by atoms with Crippen molar-refractivity contribution in [3.63, 3.8) is 0 Å². The summed E-state index contributed by atoms with van der Waals surface area (Å²) >= 11 is 1.20. The van der Waals surface area contributed by atoms with Crippen LogP contribution in [0.25, 0.3) is 0 Å². The Morgan fingerprint density at radius 3 is 2.59 bits per heavy atom. The van der Waals surface area contributed by atoms with Crippen molar-refractivity contribution < 1.29 is 18.6 Å². The third-order valence-electron chi connectivity index (χ3n) is 2.23. The van der Waals surface area contributed by atoms with Crippen LogP contribution < -0.4 is 4.72 Å². The second-order valence-electron chi connectivity index (χ2n) is 4.05. The van der Waals surface area contributed by atoms with Crippen LogP contribution in [0.2, 0.25) is 0 Å². The van der Waals surface area contributed by atoms with Crippen LogP contribution >= 0.6 is 11.3 Å². The second kappa shape index (κ2) is 5.45. The molecule has 0 saturated carbocycles. The maximum Gasteiger partial charge on any atom is 0.250 e. The van der Waals surface area contributed by atoms with E-state index in [0.717, 1.165) is 11.3 Å². The van der Waals surface area contributed by atoms with Crippen molar-refractivity contribution in [1.29, 1.82) is 0 Å². The molecule has 0 aliphatic rings. The van der Waals surface area contributed by atoms with E-state index in [1.165, 1.54) is 18.3 Å². The summed E-state index contributed by atoms with van der Waals surface area (Å²) in [6.07, 6.45) is 0.786. The number of aliphatic hydroxyl groups is 2. The van der Waals surface area contributed by atoms with E-state index >= 15 is 0 Å². The molecule has 1 aromatic heterocycles. The van der Waals surface area contributed by atoms with Crippen molar-refractivity contribution in [3.8, 4) is 0 Å². The molecular weight excluding hydrogens is 262 g/mol. The fourth-order valence-electron chi connectivity index (χ4n) is 1.07. The van der Waals surface area contributed by atoms with Gasteiger partial charge in [-0.05, 0) is 25.5 Å². The van der Waals surface area contributed by atoms with Gasteiger partial charge in [0.25, 0.3) is 0 Å². The van der Waals surface area contributed by atoms with E-state index in [0.29, 0.717) is 0 Å². The molecular formula is C10H17NO4S2. The number of thiophene rings is 1. The van der Waals surface area contributed by atoms with Crippen LogP contribution in [0.4, 0.5) is 0 Å². The summed E-state index contributed by atoms with van der Waals surface area (Å²) in [5.74, 6) is 0. The van der Waals surface area contributed by atoms with Gasteiger partial charge < -0.3 is 10.2 Å². The van der Waals surface area contributed by atoms with Gasteiger partial charge >= 0.3 is 0 Å². The Morgan fingerprint density at radius 1 is 1.47 bits per heavy atom. The molecule has 0 fully saturated rings. The molecule has 0 aliphatic carbocycles. The van der Waals surface area contributed by atoms with E-state index in [-0.39, 0.29) is 10.8 Å².